The van der Waals surface area contributed by atoms with Crippen LogP contribution in [0.1, 0.15) is 97.3 Å². The molecule has 0 bridgehead atoms. The Bertz CT molecular complexity index is 2850. The topological polar surface area (TPSA) is 157 Å². The van der Waals surface area contributed by atoms with Gasteiger partial charge in [0.25, 0.3) is 0 Å². The number of carbonyl (C=O) groups is 1. The van der Waals surface area contributed by atoms with E-state index >= 15 is 0 Å². The molecule has 344 valence electrons. The second kappa shape index (κ2) is 17.1. The normalized spacial score (nSPS) is 15.8. The van der Waals surface area contributed by atoms with Crippen LogP contribution in [0, 0.1) is 11.3 Å². The van der Waals surface area contributed by atoms with Crippen LogP contribution in [0.25, 0.3) is 22.1 Å². The van der Waals surface area contributed by atoms with Gasteiger partial charge >= 0.3 is 12.4 Å². The zero-order valence-corrected chi connectivity index (χ0v) is 37.4. The molecule has 2 aliphatic heterocycles. The van der Waals surface area contributed by atoms with E-state index in [1.807, 2.05) is 6.07 Å². The molecule has 10 nitrogen and oxygen atoms in total. The molecular weight excluding hydrogens is 899 g/mol. The highest BCUT2D eigenvalue weighted by atomic mass is 35.5. The summed E-state index contributed by atoms with van der Waals surface area (Å²) in [5.74, 6) is 0.840. The summed E-state index contributed by atoms with van der Waals surface area (Å²) in [4.78, 5) is 25.6. The number of H-pyrrole nitrogens is 2. The van der Waals surface area contributed by atoms with Crippen molar-refractivity contribution in [2.75, 3.05) is 13.2 Å². The molecule has 0 amide bonds. The summed E-state index contributed by atoms with van der Waals surface area (Å²) in [7, 11) is 0. The lowest BCUT2D eigenvalue weighted by molar-refractivity contribution is -0.266. The van der Waals surface area contributed by atoms with Gasteiger partial charge in [-0.25, -0.2) is 9.97 Å². The maximum atomic E-state index is 14.2. The van der Waals surface area contributed by atoms with Gasteiger partial charge < -0.3 is 29.7 Å². The minimum Gasteiger partial charge on any atom is -0.493 e. The molecule has 8 rings (SSSR count). The number of rotatable bonds is 11. The predicted octanol–water partition coefficient (Wildman–Crippen LogP) is 10.8. The van der Waals surface area contributed by atoms with E-state index in [1.54, 1.807) is 64.1 Å². The van der Waals surface area contributed by atoms with E-state index in [4.69, 9.17) is 37.9 Å². The maximum absolute atomic E-state index is 14.2. The van der Waals surface area contributed by atoms with E-state index in [0.717, 1.165) is 11.1 Å². The molecule has 2 atom stereocenters. The number of aromatic nitrogens is 4. The summed E-state index contributed by atoms with van der Waals surface area (Å²) < 4.78 is 96.6. The van der Waals surface area contributed by atoms with Gasteiger partial charge in [0, 0.05) is 65.2 Å². The van der Waals surface area contributed by atoms with Gasteiger partial charge in [-0.2, -0.15) is 31.6 Å². The van der Waals surface area contributed by atoms with Gasteiger partial charge in [-0.05, 0) is 95.5 Å². The first kappa shape index (κ1) is 47.6. The molecular formula is C47H45Cl2F6N5O5. The molecule has 0 fully saturated rings. The number of hydrogen-bond donors (Lipinski definition) is 4. The first-order chi connectivity index (χ1) is 30.2. The van der Waals surface area contributed by atoms with Crippen molar-refractivity contribution in [3.63, 3.8) is 0 Å². The van der Waals surface area contributed by atoms with Gasteiger partial charge in [0.05, 0.1) is 35.3 Å². The van der Waals surface area contributed by atoms with Crippen molar-refractivity contribution in [2.24, 2.45) is 0 Å². The number of Topliss-reactive ketones (excluding diaryl/α,β-unsaturated/α-hetero) is 1. The van der Waals surface area contributed by atoms with Crippen molar-refractivity contribution in [3.8, 4) is 17.6 Å². The van der Waals surface area contributed by atoms with E-state index in [1.165, 1.54) is 31.2 Å². The average Bonchev–Trinajstić information content (AvgIpc) is 4.01. The van der Waals surface area contributed by atoms with E-state index in [0.29, 0.717) is 80.8 Å². The van der Waals surface area contributed by atoms with Gasteiger partial charge in [-0.15, -0.1) is 0 Å². The lowest BCUT2D eigenvalue weighted by Crippen LogP contribution is -2.51. The average molecular weight is 945 g/mol. The van der Waals surface area contributed by atoms with Gasteiger partial charge in [0.15, 0.2) is 17.0 Å². The number of nitrogens with one attached hydrogen (secondary N) is 2. The number of hydrogen-bond acceptors (Lipinski definition) is 8. The van der Waals surface area contributed by atoms with Crippen LogP contribution in [0.5, 0.6) is 11.5 Å². The lowest BCUT2D eigenvalue weighted by atomic mass is 9.73. The summed E-state index contributed by atoms with van der Waals surface area (Å²) in [6, 6.07) is 17.6. The fourth-order valence-electron chi connectivity index (χ4n) is 8.93. The molecule has 6 aromatic rings. The van der Waals surface area contributed by atoms with Crippen LogP contribution >= 0.6 is 23.2 Å². The van der Waals surface area contributed by atoms with Crippen LogP contribution in [0.3, 0.4) is 0 Å². The molecule has 0 radical (unpaired) electrons. The number of carbonyl (C=O) groups excluding carboxylic acids is 1. The smallest absolute Gasteiger partial charge is 0.417 e. The van der Waals surface area contributed by atoms with E-state index in [2.05, 4.69) is 19.9 Å². The zero-order valence-electron chi connectivity index (χ0n) is 35.9. The van der Waals surface area contributed by atoms with Crippen LogP contribution in [0.4, 0.5) is 26.3 Å². The number of fused-ring (bicyclic) bond motifs is 4. The second-order valence-electron chi connectivity index (χ2n) is 18.1. The molecule has 0 spiro atoms. The van der Waals surface area contributed by atoms with Crippen LogP contribution in [0.2, 0.25) is 10.0 Å². The molecule has 0 saturated carbocycles. The van der Waals surface area contributed by atoms with Gasteiger partial charge in [-0.3, -0.25) is 4.79 Å². The summed E-state index contributed by atoms with van der Waals surface area (Å²) >= 11 is 12.4. The first-order valence-electron chi connectivity index (χ1n) is 20.6. The fraction of sp³-hybridized carbons (Fsp3) is 0.404. The quantitative estimate of drug-likeness (QED) is 0.0739. The maximum Gasteiger partial charge on any atom is 0.417 e. The Morgan fingerprint density at radius 3 is 1.55 bits per heavy atom. The van der Waals surface area contributed by atoms with Crippen LogP contribution in [-0.2, 0) is 36.5 Å². The molecule has 0 saturated heterocycles. The van der Waals surface area contributed by atoms with Crippen molar-refractivity contribution in [1.82, 2.24) is 19.9 Å². The number of nitriles is 1. The molecule has 18 heteroatoms. The van der Waals surface area contributed by atoms with Crippen LogP contribution in [0.15, 0.2) is 60.7 Å². The number of alkyl halides is 6. The third kappa shape index (κ3) is 9.79. The van der Waals surface area contributed by atoms with Gasteiger partial charge in [0.2, 0.25) is 0 Å². The van der Waals surface area contributed by atoms with E-state index in [9.17, 15) is 41.4 Å². The number of aliphatic hydroxyl groups is 2. The standard InChI is InChI=1S/C24H24ClF3N2O3.C23H21ClF3N3O2/c1-13(31)18-4-5-19-20(30-18)10-16(29-19)11-23(32,24(26,27)28)12-22(2,3)17-9-15(25)8-14-6-7-33-21(14)17;1-21(2,17-8-14(24)7-13-5-6-32-20(13)17)12-22(31,23(25,26)27)10-16-9-19-18(30-16)4-3-15(11-28)29-19/h4-5,8-10,29,32H,6-7,11-12H2,1-3H3;3-4,7-9,30-31H,5-6,10,12H2,1-2H3. The molecule has 2 aromatic carbocycles. The predicted molar refractivity (Wildman–Crippen MR) is 233 cm³/mol. The Hall–Kier alpha value is -5.34. The Kier molecular flexibility index (Phi) is 12.6. The summed E-state index contributed by atoms with van der Waals surface area (Å²) in [6.45, 7) is 8.81. The Morgan fingerprint density at radius 1 is 0.708 bits per heavy atom. The number of ether oxygens (including phenoxy) is 2. The number of benzene rings is 2. The van der Waals surface area contributed by atoms with Crippen molar-refractivity contribution >= 4 is 51.1 Å². The first-order valence-corrected chi connectivity index (χ1v) is 21.3. The third-order valence-electron chi connectivity index (χ3n) is 12.0. The molecule has 6 heterocycles. The molecule has 65 heavy (non-hydrogen) atoms. The largest absolute Gasteiger partial charge is 0.493 e. The summed E-state index contributed by atoms with van der Waals surface area (Å²) in [5, 5.41) is 31.8. The van der Waals surface area contributed by atoms with Crippen molar-refractivity contribution in [3.05, 3.63) is 116 Å². The molecule has 4 aromatic heterocycles. The Morgan fingerprint density at radius 2 is 1.14 bits per heavy atom. The number of halogens is 8. The van der Waals surface area contributed by atoms with Crippen molar-refractivity contribution in [2.45, 2.75) is 108 Å². The van der Waals surface area contributed by atoms with E-state index < -0.39 is 60.1 Å². The second-order valence-corrected chi connectivity index (χ2v) is 19.0. The lowest BCUT2D eigenvalue weighted by Gasteiger charge is -2.38. The third-order valence-corrected chi connectivity index (χ3v) is 12.4. The van der Waals surface area contributed by atoms with Gasteiger partial charge in [-0.1, -0.05) is 50.9 Å². The number of pyridine rings is 2. The molecule has 2 unspecified atom stereocenters. The van der Waals surface area contributed by atoms with Gasteiger partial charge in [0.1, 0.15) is 29.0 Å². The number of aromatic amines is 2. The highest BCUT2D eigenvalue weighted by Crippen LogP contribution is 2.49. The number of ketones is 1. The monoisotopic (exact) mass is 943 g/mol. The fourth-order valence-corrected chi connectivity index (χ4v) is 9.41. The highest BCUT2D eigenvalue weighted by molar-refractivity contribution is 6.31. The van der Waals surface area contributed by atoms with Crippen molar-refractivity contribution in [1.29, 1.82) is 5.26 Å². The van der Waals surface area contributed by atoms with Crippen LogP contribution < -0.4 is 9.47 Å². The molecule has 0 aliphatic carbocycles. The SMILES string of the molecule is CC(=O)c1ccc2[nH]c(CC(O)(CC(C)(C)c3cc(Cl)cc4c3OCC4)C(F)(F)F)cc2n1.CC(C)(CC(O)(Cc1cc2nc(C#N)ccc2[nH]1)C(F)(F)F)c1cc(Cl)cc2c1OCC2. The minimum absolute atomic E-state index is 0.157. The molecule has 2 aliphatic rings. The Balaban J connectivity index is 0.000000194. The summed E-state index contributed by atoms with van der Waals surface area (Å²) in [6.07, 6.45) is -11.1. The summed E-state index contributed by atoms with van der Waals surface area (Å²) in [5.41, 5.74) is -3.06. The van der Waals surface area contributed by atoms with Crippen LogP contribution in [-0.4, -0.2) is 72.7 Å². The minimum atomic E-state index is -4.90. The highest BCUT2D eigenvalue weighted by Gasteiger charge is 2.57. The number of nitrogens with zero attached hydrogens (tertiary/aromatic N) is 3. The zero-order chi connectivity index (χ0) is 47.5. The Labute approximate surface area is 379 Å². The van der Waals surface area contributed by atoms with Crippen molar-refractivity contribution < 1.29 is 50.8 Å². The molecule has 4 N–H and O–H groups in total. The van der Waals surface area contributed by atoms with E-state index in [-0.39, 0.29) is 28.6 Å².